The van der Waals surface area contributed by atoms with Crippen LogP contribution in [0.4, 0.5) is 16.5 Å². The van der Waals surface area contributed by atoms with Crippen molar-refractivity contribution in [2.45, 2.75) is 13.8 Å². The van der Waals surface area contributed by atoms with Gasteiger partial charge >= 0.3 is 5.69 Å². The summed E-state index contributed by atoms with van der Waals surface area (Å²) in [4.78, 5) is 38.6. The molecule has 0 saturated heterocycles. The summed E-state index contributed by atoms with van der Waals surface area (Å²) in [6.45, 7) is 3.41. The number of nitrogens with one attached hydrogen (secondary N) is 2. The maximum atomic E-state index is 12.5. The van der Waals surface area contributed by atoms with E-state index < -0.39 is 10.8 Å². The van der Waals surface area contributed by atoms with Gasteiger partial charge in [0, 0.05) is 24.2 Å². The predicted octanol–water partition coefficient (Wildman–Crippen LogP) is 3.81. The van der Waals surface area contributed by atoms with E-state index in [1.807, 2.05) is 0 Å². The van der Waals surface area contributed by atoms with Crippen molar-refractivity contribution in [2.75, 3.05) is 17.2 Å². The van der Waals surface area contributed by atoms with E-state index in [4.69, 9.17) is 4.74 Å². The number of thiazole rings is 1. The van der Waals surface area contributed by atoms with E-state index in [1.54, 1.807) is 25.1 Å². The zero-order chi connectivity index (χ0) is 20.3. The van der Waals surface area contributed by atoms with Gasteiger partial charge in [0.1, 0.15) is 0 Å². The molecular formula is C18H16N4O5S. The number of anilines is 2. The van der Waals surface area contributed by atoms with Crippen molar-refractivity contribution in [1.82, 2.24) is 4.98 Å². The van der Waals surface area contributed by atoms with Crippen LogP contribution in [0.3, 0.4) is 0 Å². The number of nitro groups is 1. The first-order chi connectivity index (χ1) is 13.4. The molecule has 2 N–H and O–H groups in total. The second-order valence-corrected chi connectivity index (χ2v) is 6.74. The van der Waals surface area contributed by atoms with Crippen molar-refractivity contribution >= 4 is 49.9 Å². The number of nitrogens with zero attached hydrogens (tertiary/aromatic N) is 2. The fourth-order valence-corrected chi connectivity index (χ4v) is 3.41. The number of ether oxygens (including phenoxy) is 1. The Balaban J connectivity index is 1.83. The van der Waals surface area contributed by atoms with E-state index >= 15 is 0 Å². The highest BCUT2D eigenvalue weighted by Gasteiger charge is 2.19. The Morgan fingerprint density at radius 1 is 1.21 bits per heavy atom. The molecule has 10 heteroatoms. The normalized spacial score (nSPS) is 10.5. The summed E-state index contributed by atoms with van der Waals surface area (Å²) in [5.74, 6) is -0.601. The summed E-state index contributed by atoms with van der Waals surface area (Å²) in [5, 5.41) is 16.9. The smallest absolute Gasteiger partial charge is 0.311 e. The van der Waals surface area contributed by atoms with E-state index in [0.29, 0.717) is 16.3 Å². The van der Waals surface area contributed by atoms with Crippen molar-refractivity contribution in [3.05, 3.63) is 52.1 Å². The van der Waals surface area contributed by atoms with E-state index in [-0.39, 0.29) is 29.5 Å². The minimum atomic E-state index is -0.594. The van der Waals surface area contributed by atoms with E-state index in [0.717, 1.165) is 4.70 Å². The summed E-state index contributed by atoms with van der Waals surface area (Å²) in [5.41, 5.74) is 1.13. The predicted molar refractivity (Wildman–Crippen MR) is 106 cm³/mol. The van der Waals surface area contributed by atoms with Crippen molar-refractivity contribution in [3.8, 4) is 5.75 Å². The molecule has 0 atom stereocenters. The molecule has 2 aromatic carbocycles. The standard InChI is InChI=1S/C18H16N4O5S/c1-3-27-15-7-4-11(8-14(15)22(25)26)17(24)21-18-20-13-6-5-12(19-10(2)23)9-16(13)28-18/h4-9H,3H2,1-2H3,(H,19,23)(H,20,21,24). The van der Waals surface area contributed by atoms with Crippen molar-refractivity contribution in [3.63, 3.8) is 0 Å². The first-order valence-corrected chi connectivity index (χ1v) is 9.09. The zero-order valence-electron chi connectivity index (χ0n) is 15.0. The Bertz CT molecular complexity index is 1080. The number of nitro benzene ring substituents is 1. The quantitative estimate of drug-likeness (QED) is 0.479. The summed E-state index contributed by atoms with van der Waals surface area (Å²) >= 11 is 1.23. The Kier molecular flexibility index (Phi) is 5.50. The van der Waals surface area contributed by atoms with Crippen LogP contribution in [0.1, 0.15) is 24.2 Å². The van der Waals surface area contributed by atoms with E-state index in [9.17, 15) is 19.7 Å². The summed E-state index contributed by atoms with van der Waals surface area (Å²) in [6, 6.07) is 9.22. The lowest BCUT2D eigenvalue weighted by Crippen LogP contribution is -2.12. The second-order valence-electron chi connectivity index (χ2n) is 5.71. The largest absolute Gasteiger partial charge is 0.487 e. The van der Waals surface area contributed by atoms with Gasteiger partial charge in [-0.2, -0.15) is 0 Å². The molecule has 0 unspecified atom stereocenters. The molecule has 0 aliphatic rings. The van der Waals surface area contributed by atoms with Crippen molar-refractivity contribution < 1.29 is 19.2 Å². The van der Waals surface area contributed by atoms with Gasteiger partial charge in [-0.15, -0.1) is 0 Å². The summed E-state index contributed by atoms with van der Waals surface area (Å²) in [6.07, 6.45) is 0. The average Bonchev–Trinajstić information content (AvgIpc) is 3.03. The fraction of sp³-hybridized carbons (Fsp3) is 0.167. The second kappa shape index (κ2) is 8.01. The molecule has 0 saturated carbocycles. The SMILES string of the molecule is CCOc1ccc(C(=O)Nc2nc3ccc(NC(C)=O)cc3s2)cc1[N+](=O)[O-]. The van der Waals surface area contributed by atoms with Gasteiger partial charge in [-0.3, -0.25) is 25.0 Å². The highest BCUT2D eigenvalue weighted by Crippen LogP contribution is 2.30. The molecule has 144 valence electrons. The van der Waals surface area contributed by atoms with Gasteiger partial charge in [0.05, 0.1) is 21.7 Å². The lowest BCUT2D eigenvalue weighted by atomic mass is 10.2. The maximum absolute atomic E-state index is 12.5. The van der Waals surface area contributed by atoms with E-state index in [1.165, 1.54) is 36.5 Å². The lowest BCUT2D eigenvalue weighted by molar-refractivity contribution is -0.385. The summed E-state index contributed by atoms with van der Waals surface area (Å²) < 4.78 is 5.99. The number of carbonyl (C=O) groups excluding carboxylic acids is 2. The van der Waals surface area contributed by atoms with Crippen LogP contribution in [0.25, 0.3) is 10.2 Å². The molecule has 3 rings (SSSR count). The van der Waals surface area contributed by atoms with E-state index in [2.05, 4.69) is 15.6 Å². The number of rotatable bonds is 6. The molecule has 2 amide bonds. The molecule has 0 aliphatic carbocycles. The molecule has 0 bridgehead atoms. The van der Waals surface area contributed by atoms with Gasteiger partial charge in [0.15, 0.2) is 10.9 Å². The van der Waals surface area contributed by atoms with Crippen LogP contribution in [0, 0.1) is 10.1 Å². The van der Waals surface area contributed by atoms with Crippen LogP contribution in [0.5, 0.6) is 5.75 Å². The minimum absolute atomic E-state index is 0.106. The topological polar surface area (TPSA) is 123 Å². The number of benzene rings is 2. The highest BCUT2D eigenvalue weighted by atomic mass is 32.1. The van der Waals surface area contributed by atoms with Gasteiger partial charge in [-0.05, 0) is 37.3 Å². The minimum Gasteiger partial charge on any atom is -0.487 e. The third-order valence-electron chi connectivity index (χ3n) is 3.65. The Morgan fingerprint density at radius 2 is 2.00 bits per heavy atom. The molecule has 1 heterocycles. The van der Waals surface area contributed by atoms with Crippen LogP contribution in [-0.4, -0.2) is 28.3 Å². The highest BCUT2D eigenvalue weighted by molar-refractivity contribution is 7.22. The zero-order valence-corrected chi connectivity index (χ0v) is 15.8. The number of hydrogen-bond donors (Lipinski definition) is 2. The molecule has 0 aliphatic heterocycles. The Hall–Kier alpha value is -3.53. The van der Waals surface area contributed by atoms with Crippen LogP contribution in [-0.2, 0) is 4.79 Å². The molecule has 1 aromatic heterocycles. The Morgan fingerprint density at radius 3 is 2.68 bits per heavy atom. The number of carbonyl (C=O) groups is 2. The lowest BCUT2D eigenvalue weighted by Gasteiger charge is -2.06. The fourth-order valence-electron chi connectivity index (χ4n) is 2.51. The van der Waals surface area contributed by atoms with Crippen LogP contribution < -0.4 is 15.4 Å². The van der Waals surface area contributed by atoms with Crippen LogP contribution in [0.2, 0.25) is 0 Å². The molecule has 0 radical (unpaired) electrons. The first-order valence-electron chi connectivity index (χ1n) is 8.28. The first kappa shape index (κ1) is 19.2. The molecule has 0 spiro atoms. The third-order valence-corrected chi connectivity index (χ3v) is 4.58. The Labute approximate surface area is 163 Å². The third kappa shape index (κ3) is 4.23. The number of fused-ring (bicyclic) bond motifs is 1. The number of aromatic nitrogens is 1. The number of hydrogen-bond acceptors (Lipinski definition) is 7. The maximum Gasteiger partial charge on any atom is 0.311 e. The molecule has 0 fully saturated rings. The van der Waals surface area contributed by atoms with Gasteiger partial charge in [-0.25, -0.2) is 4.98 Å². The summed E-state index contributed by atoms with van der Waals surface area (Å²) in [7, 11) is 0. The van der Waals surface area contributed by atoms with Crippen molar-refractivity contribution in [1.29, 1.82) is 0 Å². The molecule has 3 aromatic rings. The van der Waals surface area contributed by atoms with Gasteiger partial charge in [-0.1, -0.05) is 11.3 Å². The van der Waals surface area contributed by atoms with Crippen LogP contribution in [0.15, 0.2) is 36.4 Å². The average molecular weight is 400 g/mol. The molecule has 28 heavy (non-hydrogen) atoms. The van der Waals surface area contributed by atoms with Crippen molar-refractivity contribution in [2.24, 2.45) is 0 Å². The molecule has 9 nitrogen and oxygen atoms in total. The van der Waals surface area contributed by atoms with Gasteiger partial charge in [0.2, 0.25) is 5.91 Å². The molecular weight excluding hydrogens is 384 g/mol. The number of amides is 2. The van der Waals surface area contributed by atoms with Gasteiger partial charge < -0.3 is 10.1 Å². The van der Waals surface area contributed by atoms with Gasteiger partial charge in [0.25, 0.3) is 5.91 Å². The monoisotopic (exact) mass is 400 g/mol. The van der Waals surface area contributed by atoms with Crippen LogP contribution >= 0.6 is 11.3 Å².